The first kappa shape index (κ1) is 15.4. The van der Waals surface area contributed by atoms with E-state index >= 15 is 0 Å². The largest absolute Gasteiger partial charge is 0.313 e. The molecule has 17 heavy (non-hydrogen) atoms. The normalized spacial score (nSPS) is 28.4. The molecular weight excluding hydrogens is 226 g/mol. The van der Waals surface area contributed by atoms with Gasteiger partial charge in [0.25, 0.3) is 0 Å². The summed E-state index contributed by atoms with van der Waals surface area (Å²) >= 11 is 2.24. The second-order valence-corrected chi connectivity index (χ2v) is 7.13. The van der Waals surface area contributed by atoms with Crippen LogP contribution in [0.25, 0.3) is 0 Å². The molecule has 0 amide bonds. The summed E-state index contributed by atoms with van der Waals surface area (Å²) in [7, 11) is 0. The van der Waals surface area contributed by atoms with E-state index in [1.807, 2.05) is 0 Å². The molecule has 0 aliphatic heterocycles. The van der Waals surface area contributed by atoms with Gasteiger partial charge in [-0.2, -0.15) is 11.8 Å². The van der Waals surface area contributed by atoms with E-state index in [1.165, 1.54) is 57.9 Å². The zero-order valence-electron chi connectivity index (χ0n) is 12.0. The third kappa shape index (κ3) is 6.15. The molecule has 2 heteroatoms. The Bertz CT molecular complexity index is 182. The fourth-order valence-electron chi connectivity index (χ4n) is 2.57. The molecule has 102 valence electrons. The summed E-state index contributed by atoms with van der Waals surface area (Å²) in [6.45, 7) is 8.17. The Balaban J connectivity index is 2.48. The van der Waals surface area contributed by atoms with E-state index < -0.39 is 0 Å². The zero-order valence-corrected chi connectivity index (χ0v) is 12.8. The molecule has 0 aromatic rings. The van der Waals surface area contributed by atoms with Crippen LogP contribution in [-0.2, 0) is 0 Å². The average molecular weight is 257 g/mol. The van der Waals surface area contributed by atoms with Crippen molar-refractivity contribution >= 4 is 11.8 Å². The zero-order chi connectivity index (χ0) is 12.5. The van der Waals surface area contributed by atoms with Crippen LogP contribution in [-0.4, -0.2) is 23.1 Å². The van der Waals surface area contributed by atoms with Gasteiger partial charge in [-0.25, -0.2) is 0 Å². The predicted molar refractivity (Wildman–Crippen MR) is 80.9 cm³/mol. The molecule has 0 aromatic carbocycles. The SMILES string of the molecule is CCCNC1CCCCCCC1SC(C)CC. The summed E-state index contributed by atoms with van der Waals surface area (Å²) < 4.78 is 0. The van der Waals surface area contributed by atoms with Gasteiger partial charge in [-0.15, -0.1) is 0 Å². The van der Waals surface area contributed by atoms with Gasteiger partial charge in [-0.05, 0) is 32.2 Å². The molecule has 1 N–H and O–H groups in total. The predicted octanol–water partition coefficient (Wildman–Crippen LogP) is 4.61. The summed E-state index contributed by atoms with van der Waals surface area (Å²) in [6, 6.07) is 0.772. The first-order chi connectivity index (χ1) is 8.27. The highest BCUT2D eigenvalue weighted by Gasteiger charge is 2.23. The lowest BCUT2D eigenvalue weighted by atomic mass is 9.96. The maximum Gasteiger partial charge on any atom is 0.0203 e. The minimum atomic E-state index is 0.772. The monoisotopic (exact) mass is 257 g/mol. The summed E-state index contributed by atoms with van der Waals surface area (Å²) in [4.78, 5) is 0. The number of thioether (sulfide) groups is 1. The second kappa shape index (κ2) is 9.27. The Labute approximate surface area is 113 Å². The highest BCUT2D eigenvalue weighted by Crippen LogP contribution is 2.31. The topological polar surface area (TPSA) is 12.0 Å². The van der Waals surface area contributed by atoms with E-state index in [0.29, 0.717) is 0 Å². The van der Waals surface area contributed by atoms with Crippen molar-refractivity contribution in [2.45, 2.75) is 88.7 Å². The molecule has 1 aliphatic rings. The third-order valence-electron chi connectivity index (χ3n) is 3.84. The van der Waals surface area contributed by atoms with Crippen molar-refractivity contribution in [1.82, 2.24) is 5.32 Å². The van der Waals surface area contributed by atoms with Gasteiger partial charge in [0, 0.05) is 16.5 Å². The van der Waals surface area contributed by atoms with E-state index in [-0.39, 0.29) is 0 Å². The minimum absolute atomic E-state index is 0.772. The summed E-state index contributed by atoms with van der Waals surface area (Å²) in [6.07, 6.45) is 11.2. The molecule has 1 nitrogen and oxygen atoms in total. The van der Waals surface area contributed by atoms with Crippen molar-refractivity contribution in [3.8, 4) is 0 Å². The maximum atomic E-state index is 3.80. The molecule has 0 spiro atoms. The molecular formula is C15H31NS. The number of hydrogen-bond donors (Lipinski definition) is 1. The van der Waals surface area contributed by atoms with Crippen molar-refractivity contribution in [2.75, 3.05) is 6.54 Å². The summed E-state index contributed by atoms with van der Waals surface area (Å²) in [5.41, 5.74) is 0. The highest BCUT2D eigenvalue weighted by atomic mass is 32.2. The lowest BCUT2D eigenvalue weighted by Crippen LogP contribution is -2.40. The van der Waals surface area contributed by atoms with Crippen LogP contribution in [0.3, 0.4) is 0 Å². The highest BCUT2D eigenvalue weighted by molar-refractivity contribution is 8.00. The lowest BCUT2D eigenvalue weighted by Gasteiger charge is -2.31. The molecule has 0 radical (unpaired) electrons. The Morgan fingerprint density at radius 3 is 2.47 bits per heavy atom. The van der Waals surface area contributed by atoms with Crippen LogP contribution >= 0.6 is 11.8 Å². The molecule has 3 atom stereocenters. The smallest absolute Gasteiger partial charge is 0.0203 e. The van der Waals surface area contributed by atoms with Crippen molar-refractivity contribution < 1.29 is 0 Å². The first-order valence-electron chi connectivity index (χ1n) is 7.66. The third-order valence-corrected chi connectivity index (χ3v) is 5.55. The second-order valence-electron chi connectivity index (χ2n) is 5.45. The first-order valence-corrected chi connectivity index (χ1v) is 8.61. The Morgan fingerprint density at radius 2 is 1.82 bits per heavy atom. The van der Waals surface area contributed by atoms with Gasteiger partial charge in [0.1, 0.15) is 0 Å². The van der Waals surface area contributed by atoms with Gasteiger partial charge in [0.15, 0.2) is 0 Å². The molecule has 0 saturated heterocycles. The van der Waals surface area contributed by atoms with Gasteiger partial charge in [-0.1, -0.05) is 46.5 Å². The maximum absolute atomic E-state index is 3.80. The quantitative estimate of drug-likeness (QED) is 0.746. The van der Waals surface area contributed by atoms with Crippen molar-refractivity contribution in [2.24, 2.45) is 0 Å². The number of nitrogens with one attached hydrogen (secondary N) is 1. The Hall–Kier alpha value is 0.310. The van der Waals surface area contributed by atoms with Crippen LogP contribution in [0.15, 0.2) is 0 Å². The van der Waals surface area contributed by atoms with E-state index in [9.17, 15) is 0 Å². The molecule has 1 fully saturated rings. The summed E-state index contributed by atoms with van der Waals surface area (Å²) in [5.74, 6) is 0. The Morgan fingerprint density at radius 1 is 1.12 bits per heavy atom. The molecule has 3 unspecified atom stereocenters. The number of hydrogen-bond acceptors (Lipinski definition) is 2. The van der Waals surface area contributed by atoms with E-state index in [4.69, 9.17) is 0 Å². The van der Waals surface area contributed by atoms with Gasteiger partial charge in [-0.3, -0.25) is 0 Å². The molecule has 1 aliphatic carbocycles. The van der Waals surface area contributed by atoms with Crippen molar-refractivity contribution in [1.29, 1.82) is 0 Å². The van der Waals surface area contributed by atoms with Crippen molar-refractivity contribution in [3.63, 3.8) is 0 Å². The fraction of sp³-hybridized carbons (Fsp3) is 1.00. The van der Waals surface area contributed by atoms with Crippen LogP contribution in [0.4, 0.5) is 0 Å². The molecule has 0 heterocycles. The summed E-state index contributed by atoms with van der Waals surface area (Å²) in [5, 5.41) is 5.48. The van der Waals surface area contributed by atoms with Crippen LogP contribution in [0.2, 0.25) is 0 Å². The van der Waals surface area contributed by atoms with E-state index in [0.717, 1.165) is 16.5 Å². The number of rotatable bonds is 6. The van der Waals surface area contributed by atoms with Gasteiger partial charge < -0.3 is 5.32 Å². The Kier molecular flexibility index (Phi) is 8.38. The van der Waals surface area contributed by atoms with Crippen LogP contribution < -0.4 is 5.32 Å². The van der Waals surface area contributed by atoms with Crippen LogP contribution in [0, 0.1) is 0 Å². The standard InChI is InChI=1S/C15H31NS/c1-4-12-16-14-10-8-6-7-9-11-15(14)17-13(3)5-2/h13-16H,4-12H2,1-3H3. The molecule has 1 saturated carbocycles. The minimum Gasteiger partial charge on any atom is -0.313 e. The van der Waals surface area contributed by atoms with Crippen LogP contribution in [0.5, 0.6) is 0 Å². The lowest BCUT2D eigenvalue weighted by molar-refractivity contribution is 0.399. The molecule has 1 rings (SSSR count). The van der Waals surface area contributed by atoms with Gasteiger partial charge >= 0.3 is 0 Å². The van der Waals surface area contributed by atoms with E-state index in [1.54, 1.807) is 0 Å². The fourth-order valence-corrected chi connectivity index (χ4v) is 4.09. The molecule has 0 bridgehead atoms. The van der Waals surface area contributed by atoms with Gasteiger partial charge in [0.05, 0.1) is 0 Å². The van der Waals surface area contributed by atoms with E-state index in [2.05, 4.69) is 37.8 Å². The average Bonchev–Trinajstić information content (AvgIpc) is 2.32. The van der Waals surface area contributed by atoms with Crippen molar-refractivity contribution in [3.05, 3.63) is 0 Å². The molecule has 0 aromatic heterocycles. The van der Waals surface area contributed by atoms with Crippen LogP contribution in [0.1, 0.15) is 72.1 Å². The van der Waals surface area contributed by atoms with Gasteiger partial charge in [0.2, 0.25) is 0 Å².